The second-order valence-corrected chi connectivity index (χ2v) is 10.3. The molecule has 0 radical (unpaired) electrons. The Morgan fingerprint density at radius 3 is 2.00 bits per heavy atom. The minimum Gasteiger partial charge on any atom is -0.480 e. The largest absolute Gasteiger partial charge is 0.480 e. The molecule has 2 aromatic rings. The van der Waals surface area contributed by atoms with Crippen LogP contribution in [-0.4, -0.2) is 53.7 Å². The molecule has 1 aliphatic carbocycles. The number of carbonyl (C=O) groups is 3. The van der Waals surface area contributed by atoms with Gasteiger partial charge in [-0.3, -0.25) is 9.59 Å². The Hall–Kier alpha value is -3.35. The number of rotatable bonds is 8. The number of aliphatic carboxylic acids is 1. The van der Waals surface area contributed by atoms with Crippen molar-refractivity contribution in [2.24, 2.45) is 11.3 Å². The van der Waals surface area contributed by atoms with E-state index in [1.54, 1.807) is 0 Å². The number of nitrogens with one attached hydrogen (secondary N) is 1. The highest BCUT2D eigenvalue weighted by Crippen LogP contribution is 2.44. The molecule has 0 saturated carbocycles. The van der Waals surface area contributed by atoms with Gasteiger partial charge in [0.2, 0.25) is 5.91 Å². The summed E-state index contributed by atoms with van der Waals surface area (Å²) in [7, 11) is 0. The number of nitrogens with zero attached hydrogens (tertiary/aromatic N) is 1. The fourth-order valence-electron chi connectivity index (χ4n) is 4.43. The molecule has 0 bridgehead atoms. The molecule has 3 rings (SSSR count). The summed E-state index contributed by atoms with van der Waals surface area (Å²) in [5.74, 6) is -1.54. The summed E-state index contributed by atoms with van der Waals surface area (Å²) in [6, 6.07) is 15.2. The number of carbonyl (C=O) groups excluding carboxylic acids is 2. The van der Waals surface area contributed by atoms with Crippen LogP contribution in [0.25, 0.3) is 11.1 Å². The number of alkyl carbamates (subject to hydrolysis) is 1. The number of carboxylic acid groups (broad SMARTS) is 1. The monoisotopic (exact) mass is 466 g/mol. The molecule has 2 aromatic carbocycles. The lowest BCUT2D eigenvalue weighted by Crippen LogP contribution is -2.56. The van der Waals surface area contributed by atoms with Gasteiger partial charge in [-0.2, -0.15) is 0 Å². The van der Waals surface area contributed by atoms with Crippen LogP contribution in [0.15, 0.2) is 48.5 Å². The van der Waals surface area contributed by atoms with Crippen LogP contribution < -0.4 is 5.32 Å². The molecule has 0 aromatic heterocycles. The normalized spacial score (nSPS) is 13.7. The lowest BCUT2D eigenvalue weighted by Gasteiger charge is -2.34. The number of carboxylic acids is 1. The zero-order valence-electron chi connectivity index (χ0n) is 20.5. The topological polar surface area (TPSA) is 95.9 Å². The number of benzene rings is 2. The van der Waals surface area contributed by atoms with Crippen LogP contribution in [0.5, 0.6) is 0 Å². The first-order valence-corrected chi connectivity index (χ1v) is 11.6. The van der Waals surface area contributed by atoms with Crippen molar-refractivity contribution in [2.45, 2.75) is 46.6 Å². The van der Waals surface area contributed by atoms with Crippen LogP contribution in [0.1, 0.15) is 51.7 Å². The van der Waals surface area contributed by atoms with Crippen molar-refractivity contribution < 1.29 is 24.2 Å². The summed E-state index contributed by atoms with van der Waals surface area (Å²) >= 11 is 0. The Labute approximate surface area is 201 Å². The van der Waals surface area contributed by atoms with Crippen LogP contribution >= 0.6 is 0 Å². The van der Waals surface area contributed by atoms with Crippen molar-refractivity contribution in [3.8, 4) is 11.1 Å². The van der Waals surface area contributed by atoms with Crippen LogP contribution in [0, 0.1) is 11.3 Å². The molecule has 7 heteroatoms. The average molecular weight is 467 g/mol. The van der Waals surface area contributed by atoms with Crippen molar-refractivity contribution in [1.82, 2.24) is 10.2 Å². The van der Waals surface area contributed by atoms with Gasteiger partial charge in [0.1, 0.15) is 19.2 Å². The second-order valence-electron chi connectivity index (χ2n) is 10.3. The summed E-state index contributed by atoms with van der Waals surface area (Å²) < 4.78 is 5.62. The maximum atomic E-state index is 13.3. The van der Waals surface area contributed by atoms with Crippen molar-refractivity contribution in [3.05, 3.63) is 59.7 Å². The quantitative estimate of drug-likeness (QED) is 0.597. The van der Waals surface area contributed by atoms with Gasteiger partial charge in [0.15, 0.2) is 0 Å². The summed E-state index contributed by atoms with van der Waals surface area (Å²) in [6.45, 7) is 9.30. The summed E-state index contributed by atoms with van der Waals surface area (Å²) in [4.78, 5) is 38.7. The van der Waals surface area contributed by atoms with E-state index in [-0.39, 0.29) is 25.0 Å². The van der Waals surface area contributed by atoms with E-state index in [2.05, 4.69) is 17.4 Å². The van der Waals surface area contributed by atoms with E-state index in [9.17, 15) is 19.5 Å². The molecule has 34 heavy (non-hydrogen) atoms. The predicted molar refractivity (Wildman–Crippen MR) is 131 cm³/mol. The second kappa shape index (κ2) is 10.3. The molecule has 0 heterocycles. The zero-order valence-corrected chi connectivity index (χ0v) is 20.5. The third-order valence-corrected chi connectivity index (χ3v) is 5.94. The number of ether oxygens (including phenoxy) is 1. The number of amides is 2. The number of hydrogen-bond donors (Lipinski definition) is 2. The molecule has 0 saturated heterocycles. The van der Waals surface area contributed by atoms with Crippen LogP contribution in [0.4, 0.5) is 4.79 Å². The molecule has 1 unspecified atom stereocenters. The molecule has 0 fully saturated rings. The van der Waals surface area contributed by atoms with Gasteiger partial charge in [-0.15, -0.1) is 0 Å². The van der Waals surface area contributed by atoms with Gasteiger partial charge in [0.05, 0.1) is 0 Å². The standard InChI is InChI=1S/C27H34N2O5/c1-17(2)14-29(15-23(30)31)25(32)24(27(3,4)5)28-26(33)34-16-22-20-12-8-6-10-18(20)19-11-7-9-13-21(19)22/h6-13,17,22,24H,14-16H2,1-5H3,(H,28,33)(H,30,31). The first kappa shape index (κ1) is 25.3. The third kappa shape index (κ3) is 5.76. The Balaban J connectivity index is 1.74. The summed E-state index contributed by atoms with van der Waals surface area (Å²) in [5.41, 5.74) is 3.82. The highest BCUT2D eigenvalue weighted by Gasteiger charge is 2.37. The molecular weight excluding hydrogens is 432 g/mol. The maximum Gasteiger partial charge on any atom is 0.407 e. The molecule has 1 atom stereocenters. The van der Waals surface area contributed by atoms with Crippen molar-refractivity contribution in [2.75, 3.05) is 19.7 Å². The summed E-state index contributed by atoms with van der Waals surface area (Å²) in [5, 5.41) is 12.0. The average Bonchev–Trinajstić information content (AvgIpc) is 3.07. The number of fused-ring (bicyclic) bond motifs is 3. The van der Waals surface area contributed by atoms with Gasteiger partial charge < -0.3 is 20.1 Å². The van der Waals surface area contributed by atoms with Crippen LogP contribution in [0.3, 0.4) is 0 Å². The Kier molecular flexibility index (Phi) is 7.64. The van der Waals surface area contributed by atoms with Gasteiger partial charge in [-0.05, 0) is 33.6 Å². The first-order chi connectivity index (χ1) is 16.0. The molecule has 0 spiro atoms. The van der Waals surface area contributed by atoms with E-state index in [1.807, 2.05) is 71.0 Å². The first-order valence-electron chi connectivity index (χ1n) is 11.6. The Morgan fingerprint density at radius 1 is 1.00 bits per heavy atom. The van der Waals surface area contributed by atoms with E-state index in [1.165, 1.54) is 4.90 Å². The van der Waals surface area contributed by atoms with Gasteiger partial charge >= 0.3 is 12.1 Å². The fraction of sp³-hybridized carbons (Fsp3) is 0.444. The highest BCUT2D eigenvalue weighted by molar-refractivity contribution is 5.89. The predicted octanol–water partition coefficient (Wildman–Crippen LogP) is 4.51. The lowest BCUT2D eigenvalue weighted by atomic mass is 9.85. The summed E-state index contributed by atoms with van der Waals surface area (Å²) in [6.07, 6.45) is -0.699. The third-order valence-electron chi connectivity index (χ3n) is 5.94. The van der Waals surface area contributed by atoms with Crippen molar-refractivity contribution >= 4 is 18.0 Å². The molecule has 2 amide bonds. The molecule has 7 nitrogen and oxygen atoms in total. The molecular formula is C27H34N2O5. The lowest BCUT2D eigenvalue weighted by molar-refractivity contribution is -0.147. The van der Waals surface area contributed by atoms with E-state index in [0.29, 0.717) is 0 Å². The van der Waals surface area contributed by atoms with Crippen LogP contribution in [-0.2, 0) is 14.3 Å². The van der Waals surface area contributed by atoms with Gasteiger partial charge in [-0.25, -0.2) is 4.79 Å². The van der Waals surface area contributed by atoms with E-state index in [4.69, 9.17) is 4.74 Å². The molecule has 0 aliphatic heterocycles. The minimum absolute atomic E-state index is 0.0818. The Bertz CT molecular complexity index is 1010. The van der Waals surface area contributed by atoms with E-state index >= 15 is 0 Å². The molecule has 1 aliphatic rings. The highest BCUT2D eigenvalue weighted by atomic mass is 16.5. The van der Waals surface area contributed by atoms with Gasteiger partial charge in [-0.1, -0.05) is 83.1 Å². The Morgan fingerprint density at radius 2 is 1.53 bits per heavy atom. The smallest absolute Gasteiger partial charge is 0.407 e. The maximum absolute atomic E-state index is 13.3. The van der Waals surface area contributed by atoms with Crippen molar-refractivity contribution in [1.29, 1.82) is 0 Å². The number of hydrogen-bond acceptors (Lipinski definition) is 4. The van der Waals surface area contributed by atoms with Crippen molar-refractivity contribution in [3.63, 3.8) is 0 Å². The fourth-order valence-corrected chi connectivity index (χ4v) is 4.43. The van der Waals surface area contributed by atoms with Gasteiger partial charge in [0.25, 0.3) is 0 Å². The van der Waals surface area contributed by atoms with Gasteiger partial charge in [0, 0.05) is 12.5 Å². The van der Waals surface area contributed by atoms with E-state index in [0.717, 1.165) is 22.3 Å². The molecule has 2 N–H and O–H groups in total. The van der Waals surface area contributed by atoms with E-state index < -0.39 is 36.0 Å². The minimum atomic E-state index is -1.09. The van der Waals surface area contributed by atoms with Crippen LogP contribution in [0.2, 0.25) is 0 Å². The molecule has 182 valence electrons. The SMILES string of the molecule is CC(C)CN(CC(=O)O)C(=O)C(NC(=O)OCC1c2ccccc2-c2ccccc21)C(C)(C)C. The zero-order chi connectivity index (χ0) is 25.0.